The highest BCUT2D eigenvalue weighted by Crippen LogP contribution is 2.17. The number of pyridine rings is 1. The van der Waals surface area contributed by atoms with Gasteiger partial charge in [-0.05, 0) is 36.4 Å². The first-order valence-electron chi connectivity index (χ1n) is 6.38. The van der Waals surface area contributed by atoms with Crippen molar-refractivity contribution in [2.75, 3.05) is 36.0 Å². The molecule has 0 bridgehead atoms. The maximum Gasteiger partial charge on any atom is 0.128 e. The van der Waals surface area contributed by atoms with Crippen LogP contribution in [0.25, 0.3) is 0 Å². The van der Waals surface area contributed by atoms with Crippen LogP contribution in [0.4, 0.5) is 5.82 Å². The molecule has 0 atom stereocenters. The van der Waals surface area contributed by atoms with Crippen LogP contribution in [0.3, 0.4) is 0 Å². The molecule has 3 nitrogen and oxygen atoms in total. The van der Waals surface area contributed by atoms with Gasteiger partial charge in [0.1, 0.15) is 5.82 Å². The van der Waals surface area contributed by atoms with Crippen molar-refractivity contribution in [3.8, 4) is 0 Å². The van der Waals surface area contributed by atoms with Gasteiger partial charge in [0.05, 0.1) is 0 Å². The van der Waals surface area contributed by atoms with E-state index in [0.717, 1.165) is 32.0 Å². The number of hydrogen-bond donors (Lipinski definition) is 1. The topological polar surface area (TPSA) is 28.2 Å². The molecule has 1 N–H and O–H groups in total. The molecular weight excluding hydrogens is 230 g/mol. The molecule has 17 heavy (non-hydrogen) atoms. The summed E-state index contributed by atoms with van der Waals surface area (Å²) in [7, 11) is 0. The standard InChI is InChI=1S/C13H21N3S/c1-2-14-11-12-4-5-15-13(10-12)16-6-3-8-17-9-7-16/h4-5,10,14H,2-3,6-9,11H2,1H3. The third-order valence-electron chi connectivity index (χ3n) is 2.94. The van der Waals surface area contributed by atoms with Crippen LogP contribution in [0.5, 0.6) is 0 Å². The number of nitrogens with one attached hydrogen (secondary N) is 1. The van der Waals surface area contributed by atoms with E-state index in [2.05, 4.69) is 46.0 Å². The van der Waals surface area contributed by atoms with Crippen LogP contribution in [-0.4, -0.2) is 36.1 Å². The smallest absolute Gasteiger partial charge is 0.128 e. The predicted octanol–water partition coefficient (Wildman–Crippen LogP) is 2.13. The molecule has 1 aromatic heterocycles. The van der Waals surface area contributed by atoms with E-state index < -0.39 is 0 Å². The van der Waals surface area contributed by atoms with Crippen LogP contribution in [-0.2, 0) is 6.54 Å². The third kappa shape index (κ3) is 3.89. The number of hydrogen-bond acceptors (Lipinski definition) is 4. The Balaban J connectivity index is 2.03. The summed E-state index contributed by atoms with van der Waals surface area (Å²) in [6, 6.07) is 4.32. The van der Waals surface area contributed by atoms with Gasteiger partial charge in [-0.3, -0.25) is 0 Å². The minimum absolute atomic E-state index is 0.939. The quantitative estimate of drug-likeness (QED) is 0.887. The molecule has 94 valence electrons. The lowest BCUT2D eigenvalue weighted by molar-refractivity contribution is 0.723. The number of aromatic nitrogens is 1. The first-order chi connectivity index (χ1) is 8.40. The molecule has 0 radical (unpaired) electrons. The summed E-state index contributed by atoms with van der Waals surface area (Å²) in [5, 5.41) is 3.36. The third-order valence-corrected chi connectivity index (χ3v) is 3.98. The van der Waals surface area contributed by atoms with Gasteiger partial charge < -0.3 is 10.2 Å². The molecule has 0 amide bonds. The lowest BCUT2D eigenvalue weighted by Crippen LogP contribution is -2.26. The molecule has 0 saturated carbocycles. The minimum Gasteiger partial charge on any atom is -0.356 e. The Morgan fingerprint density at radius 2 is 2.35 bits per heavy atom. The van der Waals surface area contributed by atoms with Crippen LogP contribution >= 0.6 is 11.8 Å². The van der Waals surface area contributed by atoms with Gasteiger partial charge in [-0.1, -0.05) is 6.92 Å². The summed E-state index contributed by atoms with van der Waals surface area (Å²) in [5.74, 6) is 3.65. The Morgan fingerprint density at radius 3 is 3.24 bits per heavy atom. The molecule has 1 saturated heterocycles. The second kappa shape index (κ2) is 6.87. The van der Waals surface area contributed by atoms with Crippen molar-refractivity contribution in [2.24, 2.45) is 0 Å². The fourth-order valence-corrected chi connectivity index (χ4v) is 2.87. The molecule has 1 aliphatic heterocycles. The monoisotopic (exact) mass is 251 g/mol. The van der Waals surface area contributed by atoms with Gasteiger partial charge in [0, 0.05) is 31.6 Å². The molecule has 2 rings (SSSR count). The normalized spacial score (nSPS) is 16.9. The molecule has 1 aromatic rings. The molecule has 0 spiro atoms. The second-order valence-electron chi connectivity index (χ2n) is 4.26. The predicted molar refractivity (Wildman–Crippen MR) is 75.8 cm³/mol. The Labute approximate surface area is 108 Å². The van der Waals surface area contributed by atoms with E-state index in [1.807, 2.05) is 6.20 Å². The largest absolute Gasteiger partial charge is 0.356 e. The summed E-state index contributed by atoms with van der Waals surface area (Å²) >= 11 is 2.05. The maximum absolute atomic E-state index is 4.50. The highest BCUT2D eigenvalue weighted by molar-refractivity contribution is 7.99. The minimum atomic E-state index is 0.939. The van der Waals surface area contributed by atoms with Crippen LogP contribution in [0, 0.1) is 0 Å². The number of thioether (sulfide) groups is 1. The Bertz CT molecular complexity index is 335. The van der Waals surface area contributed by atoms with Gasteiger partial charge in [-0.2, -0.15) is 11.8 Å². The fraction of sp³-hybridized carbons (Fsp3) is 0.615. The van der Waals surface area contributed by atoms with Crippen molar-refractivity contribution >= 4 is 17.6 Å². The molecule has 0 unspecified atom stereocenters. The van der Waals surface area contributed by atoms with Crippen LogP contribution < -0.4 is 10.2 Å². The summed E-state index contributed by atoms with van der Waals surface area (Å²) < 4.78 is 0. The molecule has 2 heterocycles. The van der Waals surface area contributed by atoms with E-state index >= 15 is 0 Å². The fourth-order valence-electron chi connectivity index (χ4n) is 1.99. The summed E-state index contributed by atoms with van der Waals surface area (Å²) in [6.07, 6.45) is 3.20. The average molecular weight is 251 g/mol. The average Bonchev–Trinajstić information content (AvgIpc) is 2.65. The Kier molecular flexibility index (Phi) is 5.13. The summed E-state index contributed by atoms with van der Waals surface area (Å²) in [4.78, 5) is 6.91. The van der Waals surface area contributed by atoms with Crippen LogP contribution in [0.1, 0.15) is 18.9 Å². The first-order valence-corrected chi connectivity index (χ1v) is 7.54. The van der Waals surface area contributed by atoms with Crippen LogP contribution in [0.2, 0.25) is 0 Å². The number of anilines is 1. The Hall–Kier alpha value is -0.740. The zero-order valence-electron chi connectivity index (χ0n) is 10.5. The molecule has 4 heteroatoms. The molecule has 0 aromatic carbocycles. The highest BCUT2D eigenvalue weighted by atomic mass is 32.2. The van der Waals surface area contributed by atoms with Crippen LogP contribution in [0.15, 0.2) is 18.3 Å². The maximum atomic E-state index is 4.50. The van der Waals surface area contributed by atoms with Crippen molar-refractivity contribution in [3.05, 3.63) is 23.9 Å². The summed E-state index contributed by atoms with van der Waals surface area (Å²) in [6.45, 7) is 6.35. The second-order valence-corrected chi connectivity index (χ2v) is 5.48. The zero-order chi connectivity index (χ0) is 11.9. The van der Waals surface area contributed by atoms with Crippen molar-refractivity contribution in [1.29, 1.82) is 0 Å². The lowest BCUT2D eigenvalue weighted by atomic mass is 10.2. The van der Waals surface area contributed by atoms with E-state index in [-0.39, 0.29) is 0 Å². The van der Waals surface area contributed by atoms with Gasteiger partial charge in [0.2, 0.25) is 0 Å². The summed E-state index contributed by atoms with van der Waals surface area (Å²) in [5.41, 5.74) is 1.33. The SMILES string of the molecule is CCNCc1ccnc(N2CCCSCC2)c1. The van der Waals surface area contributed by atoms with Gasteiger partial charge in [-0.25, -0.2) is 4.98 Å². The first kappa shape index (κ1) is 12.7. The molecule has 1 aliphatic rings. The van der Waals surface area contributed by atoms with Gasteiger partial charge in [-0.15, -0.1) is 0 Å². The lowest BCUT2D eigenvalue weighted by Gasteiger charge is -2.21. The van der Waals surface area contributed by atoms with Crippen molar-refractivity contribution in [3.63, 3.8) is 0 Å². The molecule has 1 fully saturated rings. The zero-order valence-corrected chi connectivity index (χ0v) is 11.3. The highest BCUT2D eigenvalue weighted by Gasteiger charge is 2.11. The van der Waals surface area contributed by atoms with E-state index in [4.69, 9.17) is 0 Å². The van der Waals surface area contributed by atoms with E-state index in [9.17, 15) is 0 Å². The molecular formula is C13H21N3S. The van der Waals surface area contributed by atoms with E-state index in [1.165, 1.54) is 23.5 Å². The van der Waals surface area contributed by atoms with E-state index in [0.29, 0.717) is 0 Å². The number of nitrogens with zero attached hydrogens (tertiary/aromatic N) is 2. The van der Waals surface area contributed by atoms with Crippen molar-refractivity contribution < 1.29 is 0 Å². The Morgan fingerprint density at radius 1 is 1.41 bits per heavy atom. The number of rotatable bonds is 4. The van der Waals surface area contributed by atoms with Crippen molar-refractivity contribution in [2.45, 2.75) is 19.9 Å². The van der Waals surface area contributed by atoms with Gasteiger partial charge in [0.15, 0.2) is 0 Å². The van der Waals surface area contributed by atoms with Gasteiger partial charge in [0.25, 0.3) is 0 Å². The van der Waals surface area contributed by atoms with E-state index in [1.54, 1.807) is 0 Å². The van der Waals surface area contributed by atoms with Crippen molar-refractivity contribution in [1.82, 2.24) is 10.3 Å². The molecule has 0 aliphatic carbocycles. The van der Waals surface area contributed by atoms with Gasteiger partial charge >= 0.3 is 0 Å².